The number of carbonyl (C=O) groups is 1. The lowest BCUT2D eigenvalue weighted by molar-refractivity contribution is 0.0599. The second-order valence-electron chi connectivity index (χ2n) is 25.0. The van der Waals surface area contributed by atoms with E-state index < -0.39 is 0 Å². The molecule has 79 heavy (non-hydrogen) atoms. The average molecular weight is 1110 g/mol. The fourth-order valence-electron chi connectivity index (χ4n) is 11.8. The van der Waals surface area contributed by atoms with Gasteiger partial charge in [-0.3, -0.25) is 0 Å². The molecule has 1 aromatic rings. The molecule has 0 fully saturated rings. The van der Waals surface area contributed by atoms with Crippen molar-refractivity contribution in [3.05, 3.63) is 17.7 Å². The van der Waals surface area contributed by atoms with Crippen LogP contribution in [-0.4, -0.2) is 32.9 Å². The van der Waals surface area contributed by atoms with E-state index in [2.05, 4.69) is 20.8 Å². The highest BCUT2D eigenvalue weighted by Crippen LogP contribution is 2.40. The summed E-state index contributed by atoms with van der Waals surface area (Å²) in [6.45, 7) is 8.76. The van der Waals surface area contributed by atoms with Gasteiger partial charge in [-0.25, -0.2) is 4.79 Å². The Morgan fingerprint density at radius 2 is 0.418 bits per heavy atom. The van der Waals surface area contributed by atoms with Gasteiger partial charge >= 0.3 is 5.97 Å². The molecule has 0 heterocycles. The molecule has 5 heteroatoms. The summed E-state index contributed by atoms with van der Waals surface area (Å²) in [6.07, 6.45) is 82.3. The summed E-state index contributed by atoms with van der Waals surface area (Å²) < 4.78 is 24.7. The van der Waals surface area contributed by atoms with Crippen LogP contribution in [0.2, 0.25) is 0 Å². The van der Waals surface area contributed by atoms with Crippen LogP contribution in [0.1, 0.15) is 416 Å². The normalized spacial score (nSPS) is 11.5. The van der Waals surface area contributed by atoms with Gasteiger partial charge in [0, 0.05) is 0 Å². The van der Waals surface area contributed by atoms with Crippen molar-refractivity contribution in [2.24, 2.45) is 0 Å². The Labute approximate surface area is 495 Å². The van der Waals surface area contributed by atoms with Gasteiger partial charge < -0.3 is 18.9 Å². The summed E-state index contributed by atoms with van der Waals surface area (Å²) in [7, 11) is 1.45. The van der Waals surface area contributed by atoms with E-state index in [1.54, 1.807) is 0 Å². The number of ether oxygens (including phenoxy) is 4. The van der Waals surface area contributed by atoms with Crippen molar-refractivity contribution >= 4 is 5.97 Å². The van der Waals surface area contributed by atoms with Crippen LogP contribution in [0, 0.1) is 0 Å². The Morgan fingerprint density at radius 1 is 0.253 bits per heavy atom. The van der Waals surface area contributed by atoms with Gasteiger partial charge in [-0.1, -0.05) is 387 Å². The van der Waals surface area contributed by atoms with E-state index >= 15 is 0 Å². The lowest BCUT2D eigenvalue weighted by atomic mass is 10.0. The molecule has 0 spiro atoms. The first-order chi connectivity index (χ1) is 39.2. The fraction of sp³-hybridized carbons (Fsp3) is 0.905. The number of hydrogen-bond donors (Lipinski definition) is 0. The first-order valence-electron chi connectivity index (χ1n) is 36.3. The maximum atomic E-state index is 12.9. The maximum absolute atomic E-state index is 12.9. The van der Waals surface area contributed by atoms with Gasteiger partial charge in [0.2, 0.25) is 5.75 Å². The Kier molecular flexibility index (Phi) is 60.5. The highest BCUT2D eigenvalue weighted by Gasteiger charge is 2.20. The van der Waals surface area contributed by atoms with Crippen molar-refractivity contribution in [2.75, 3.05) is 26.9 Å². The maximum Gasteiger partial charge on any atom is 0.338 e. The van der Waals surface area contributed by atoms with E-state index in [1.165, 1.54) is 360 Å². The summed E-state index contributed by atoms with van der Waals surface area (Å²) in [4.78, 5) is 12.9. The zero-order valence-corrected chi connectivity index (χ0v) is 54.2. The van der Waals surface area contributed by atoms with Crippen LogP contribution in [0.5, 0.6) is 17.2 Å². The summed E-state index contributed by atoms with van der Waals surface area (Å²) in [5.41, 5.74) is 0.464. The van der Waals surface area contributed by atoms with E-state index in [0.717, 1.165) is 32.1 Å². The molecule has 0 aromatic heterocycles. The van der Waals surface area contributed by atoms with Gasteiger partial charge in [-0.15, -0.1) is 0 Å². The number of benzene rings is 1. The highest BCUT2D eigenvalue weighted by molar-refractivity contribution is 5.91. The smallest absolute Gasteiger partial charge is 0.338 e. The van der Waals surface area contributed by atoms with Crippen molar-refractivity contribution in [2.45, 2.75) is 406 Å². The summed E-state index contributed by atoms with van der Waals surface area (Å²) >= 11 is 0. The third kappa shape index (κ3) is 52.6. The van der Waals surface area contributed by atoms with Gasteiger partial charge in [0.1, 0.15) is 0 Å². The minimum atomic E-state index is -0.368. The van der Waals surface area contributed by atoms with Gasteiger partial charge in [-0.05, 0) is 31.4 Å². The molecule has 0 saturated carbocycles. The highest BCUT2D eigenvalue weighted by atomic mass is 16.5. The van der Waals surface area contributed by atoms with Crippen molar-refractivity contribution in [1.29, 1.82) is 0 Å². The van der Waals surface area contributed by atoms with Crippen molar-refractivity contribution in [3.63, 3.8) is 0 Å². The van der Waals surface area contributed by atoms with Crippen LogP contribution in [0.25, 0.3) is 0 Å². The predicted octanol–water partition coefficient (Wildman–Crippen LogP) is 26.1. The van der Waals surface area contributed by atoms with Crippen molar-refractivity contribution in [1.82, 2.24) is 0 Å². The molecule has 0 radical (unpaired) electrons. The Bertz CT molecular complexity index is 1280. The lowest BCUT2D eigenvalue weighted by Gasteiger charge is -2.18. The molecule has 1 rings (SSSR count). The van der Waals surface area contributed by atoms with Gasteiger partial charge in [0.05, 0.1) is 32.5 Å². The second kappa shape index (κ2) is 63.7. The molecule has 0 atom stereocenters. The third-order valence-electron chi connectivity index (χ3n) is 17.2. The molecule has 0 aliphatic rings. The molecule has 0 unspecified atom stereocenters. The first kappa shape index (κ1) is 75.1. The van der Waals surface area contributed by atoms with Crippen LogP contribution in [-0.2, 0) is 4.74 Å². The Morgan fingerprint density at radius 3 is 0.595 bits per heavy atom. The first-order valence-corrected chi connectivity index (χ1v) is 36.3. The number of unbranched alkanes of at least 4 members (excludes halogenated alkanes) is 57. The van der Waals surface area contributed by atoms with Crippen molar-refractivity contribution < 1.29 is 23.7 Å². The third-order valence-corrected chi connectivity index (χ3v) is 17.2. The Hall–Kier alpha value is -1.91. The number of esters is 1. The molecule has 0 saturated heterocycles. The fourth-order valence-corrected chi connectivity index (χ4v) is 11.8. The molecule has 1 aromatic carbocycles. The minimum absolute atomic E-state index is 0.368. The second-order valence-corrected chi connectivity index (χ2v) is 25.0. The number of carbonyl (C=O) groups excluding carboxylic acids is 1. The zero-order valence-electron chi connectivity index (χ0n) is 54.2. The largest absolute Gasteiger partial charge is 0.490 e. The lowest BCUT2D eigenvalue weighted by Crippen LogP contribution is -2.09. The van der Waals surface area contributed by atoms with Crippen LogP contribution in [0.4, 0.5) is 0 Å². The van der Waals surface area contributed by atoms with Crippen LogP contribution in [0.15, 0.2) is 12.1 Å². The number of hydrogen-bond acceptors (Lipinski definition) is 5. The predicted molar refractivity (Wildman–Crippen MR) is 348 cm³/mol. The Balaban J connectivity index is 2.44. The molecule has 0 N–H and O–H groups in total. The zero-order chi connectivity index (χ0) is 56.7. The van der Waals surface area contributed by atoms with Gasteiger partial charge in [0.15, 0.2) is 11.5 Å². The SMILES string of the molecule is CCCCCCCCCCCCCCCCCCCCCCOc1cc(C(=O)OC)cc(OCCCCCCCCCCCCCCCCCCCCCC)c1OCCCCCCCCCCCCCCCCCCCCCC. The van der Waals surface area contributed by atoms with E-state index in [-0.39, 0.29) is 5.97 Å². The molecule has 466 valence electrons. The molecule has 0 aliphatic carbocycles. The molecule has 0 amide bonds. The van der Waals surface area contributed by atoms with Crippen LogP contribution < -0.4 is 14.2 Å². The quantitative estimate of drug-likeness (QED) is 0.0481. The molecular weight excluding hydrogens is 969 g/mol. The van der Waals surface area contributed by atoms with Crippen LogP contribution in [0.3, 0.4) is 0 Å². The molecular formula is C74H140O5. The van der Waals surface area contributed by atoms with Gasteiger partial charge in [0.25, 0.3) is 0 Å². The molecule has 5 nitrogen and oxygen atoms in total. The van der Waals surface area contributed by atoms with E-state index in [1.807, 2.05) is 12.1 Å². The van der Waals surface area contributed by atoms with Crippen LogP contribution >= 0.6 is 0 Å². The molecule has 0 bridgehead atoms. The van der Waals surface area contributed by atoms with E-state index in [9.17, 15) is 4.79 Å². The van der Waals surface area contributed by atoms with Crippen molar-refractivity contribution in [3.8, 4) is 17.2 Å². The average Bonchev–Trinajstić information content (AvgIpc) is 3.46. The van der Waals surface area contributed by atoms with E-state index in [4.69, 9.17) is 18.9 Å². The number of rotatable bonds is 67. The van der Waals surface area contributed by atoms with Gasteiger partial charge in [-0.2, -0.15) is 0 Å². The minimum Gasteiger partial charge on any atom is -0.490 e. The topological polar surface area (TPSA) is 54.0 Å². The standard InChI is InChI=1S/C74H140O5/c1-5-8-11-14-17-20-23-26-29-32-35-38-41-44-47-50-53-56-59-62-65-77-71-68-70(74(75)76-4)69-72(78-66-63-60-57-54-51-48-45-42-39-36-33-30-27-24-21-18-15-12-9-6-2)73(71)79-67-64-61-58-55-52-49-46-43-40-37-34-31-28-25-22-19-16-13-10-7-3/h68-69H,5-67H2,1-4H3. The number of methoxy groups -OCH3 is 1. The molecule has 0 aliphatic heterocycles. The summed E-state index contributed by atoms with van der Waals surface area (Å²) in [5.74, 6) is 1.53. The van der Waals surface area contributed by atoms with E-state index in [0.29, 0.717) is 42.6 Å². The monoisotopic (exact) mass is 1110 g/mol. The summed E-state index contributed by atoms with van der Waals surface area (Å²) in [6, 6.07) is 3.64. The summed E-state index contributed by atoms with van der Waals surface area (Å²) in [5, 5.41) is 0.